The Morgan fingerprint density at radius 2 is 1.10 bits per heavy atom. The summed E-state index contributed by atoms with van der Waals surface area (Å²) in [6, 6.07) is 7.99. The lowest BCUT2D eigenvalue weighted by Gasteiger charge is -2.25. The molecule has 8 nitrogen and oxygen atoms in total. The van der Waals surface area contributed by atoms with Gasteiger partial charge in [-0.1, -0.05) is 6.07 Å². The number of anilines is 1. The Labute approximate surface area is 174 Å². The van der Waals surface area contributed by atoms with E-state index in [1.165, 1.54) is 0 Å². The van der Waals surface area contributed by atoms with Crippen molar-refractivity contribution in [1.82, 2.24) is 0 Å². The van der Waals surface area contributed by atoms with Gasteiger partial charge in [-0.25, -0.2) is 0 Å². The van der Waals surface area contributed by atoms with Crippen molar-refractivity contribution >= 4 is 5.69 Å². The van der Waals surface area contributed by atoms with Crippen molar-refractivity contribution in [2.24, 2.45) is 0 Å². The van der Waals surface area contributed by atoms with Gasteiger partial charge in [0.25, 0.3) is 0 Å². The van der Waals surface area contributed by atoms with Gasteiger partial charge in [0.2, 0.25) is 0 Å². The average Bonchev–Trinajstić information content (AvgIpc) is 2.76. The Morgan fingerprint density at radius 3 is 1.59 bits per heavy atom. The van der Waals surface area contributed by atoms with Gasteiger partial charge in [-0.15, -0.1) is 0 Å². The van der Waals surface area contributed by atoms with Gasteiger partial charge in [0.1, 0.15) is 5.75 Å². The molecule has 0 aliphatic heterocycles. The summed E-state index contributed by atoms with van der Waals surface area (Å²) >= 11 is 0. The van der Waals surface area contributed by atoms with Crippen molar-refractivity contribution < 1.29 is 33.2 Å². The zero-order chi connectivity index (χ0) is 21.0. The minimum Gasteiger partial charge on any atom is -0.497 e. The molecule has 0 bridgehead atoms. The second kappa shape index (κ2) is 18.6. The summed E-state index contributed by atoms with van der Waals surface area (Å²) < 4.78 is 37.4. The molecule has 0 unspecified atom stereocenters. The molecule has 0 N–H and O–H groups in total. The predicted molar refractivity (Wildman–Crippen MR) is 112 cm³/mol. The summed E-state index contributed by atoms with van der Waals surface area (Å²) in [6.07, 6.45) is 0. The fourth-order valence-electron chi connectivity index (χ4n) is 2.46. The second-order valence-electron chi connectivity index (χ2n) is 6.12. The van der Waals surface area contributed by atoms with Crippen molar-refractivity contribution in [3.8, 4) is 5.75 Å². The first-order valence-corrected chi connectivity index (χ1v) is 9.99. The van der Waals surface area contributed by atoms with Crippen LogP contribution in [-0.4, -0.2) is 100 Å². The van der Waals surface area contributed by atoms with Crippen LogP contribution in [0.3, 0.4) is 0 Å². The summed E-state index contributed by atoms with van der Waals surface area (Å²) in [6.45, 7) is 7.32. The van der Waals surface area contributed by atoms with Gasteiger partial charge in [0.05, 0.1) is 73.2 Å². The Bertz CT molecular complexity index is 470. The van der Waals surface area contributed by atoms with Crippen LogP contribution in [0.2, 0.25) is 0 Å². The van der Waals surface area contributed by atoms with Gasteiger partial charge in [0, 0.05) is 39.1 Å². The maximum atomic E-state index is 5.69. The second-order valence-corrected chi connectivity index (χ2v) is 6.12. The minimum absolute atomic E-state index is 0.560. The molecule has 0 spiro atoms. The smallest absolute Gasteiger partial charge is 0.120 e. The number of methoxy groups -OCH3 is 3. The normalized spacial score (nSPS) is 11.0. The molecule has 29 heavy (non-hydrogen) atoms. The third kappa shape index (κ3) is 13.4. The van der Waals surface area contributed by atoms with Gasteiger partial charge in [0.15, 0.2) is 0 Å². The highest BCUT2D eigenvalue weighted by Gasteiger charge is 2.08. The first-order valence-electron chi connectivity index (χ1n) is 9.99. The number of rotatable bonds is 20. The number of nitrogens with zero attached hydrogens (tertiary/aromatic N) is 1. The molecule has 1 aromatic carbocycles. The highest BCUT2D eigenvalue weighted by molar-refractivity contribution is 5.50. The van der Waals surface area contributed by atoms with E-state index in [1.807, 2.05) is 18.2 Å². The topological polar surface area (TPSA) is 67.9 Å². The standard InChI is InChI=1S/C21H37NO7/c1-23-11-13-28-17-15-26-9-7-22(20-5-4-6-21(19-20)25-3)8-10-27-16-18-29-14-12-24-2/h4-6,19H,7-18H2,1-3H3. The first kappa shape index (κ1) is 25.6. The molecule has 0 radical (unpaired) electrons. The quantitative estimate of drug-likeness (QED) is 0.299. The van der Waals surface area contributed by atoms with Crippen LogP contribution in [0.15, 0.2) is 24.3 Å². The van der Waals surface area contributed by atoms with E-state index in [9.17, 15) is 0 Å². The van der Waals surface area contributed by atoms with E-state index < -0.39 is 0 Å². The molecule has 0 atom stereocenters. The van der Waals surface area contributed by atoms with Crippen LogP contribution in [-0.2, 0) is 28.4 Å². The Balaban J connectivity index is 2.32. The van der Waals surface area contributed by atoms with Crippen LogP contribution < -0.4 is 9.64 Å². The zero-order valence-corrected chi connectivity index (χ0v) is 18.1. The molecule has 0 aliphatic carbocycles. The van der Waals surface area contributed by atoms with E-state index in [2.05, 4.69) is 11.0 Å². The van der Waals surface area contributed by atoms with Crippen LogP contribution in [0.25, 0.3) is 0 Å². The fraction of sp³-hybridized carbons (Fsp3) is 0.714. The maximum Gasteiger partial charge on any atom is 0.120 e. The third-order valence-corrected chi connectivity index (χ3v) is 4.04. The monoisotopic (exact) mass is 415 g/mol. The van der Waals surface area contributed by atoms with Crippen molar-refractivity contribution in [3.63, 3.8) is 0 Å². The molecule has 0 fully saturated rings. The molecule has 168 valence electrons. The predicted octanol–water partition coefficient (Wildman–Crippen LogP) is 1.86. The molecule has 0 saturated carbocycles. The number of benzene rings is 1. The molecule has 0 heterocycles. The molecule has 0 saturated heterocycles. The van der Waals surface area contributed by atoms with E-state index in [4.69, 9.17) is 33.2 Å². The van der Waals surface area contributed by atoms with Gasteiger partial charge in [-0.3, -0.25) is 0 Å². The van der Waals surface area contributed by atoms with Crippen LogP contribution >= 0.6 is 0 Å². The van der Waals surface area contributed by atoms with Crippen molar-refractivity contribution in [2.45, 2.75) is 0 Å². The van der Waals surface area contributed by atoms with Crippen molar-refractivity contribution in [3.05, 3.63) is 24.3 Å². The van der Waals surface area contributed by atoms with Crippen LogP contribution in [0.5, 0.6) is 5.75 Å². The lowest BCUT2D eigenvalue weighted by Crippen LogP contribution is -2.31. The average molecular weight is 416 g/mol. The van der Waals surface area contributed by atoms with E-state index >= 15 is 0 Å². The largest absolute Gasteiger partial charge is 0.497 e. The van der Waals surface area contributed by atoms with E-state index in [-0.39, 0.29) is 0 Å². The molecule has 1 rings (SSSR count). The third-order valence-electron chi connectivity index (χ3n) is 4.04. The Morgan fingerprint density at radius 1 is 0.621 bits per heavy atom. The molecule has 0 aromatic heterocycles. The molecule has 1 aromatic rings. The first-order chi connectivity index (χ1) is 14.3. The number of hydrogen-bond donors (Lipinski definition) is 0. The summed E-state index contributed by atoms with van der Waals surface area (Å²) in [4.78, 5) is 2.22. The van der Waals surface area contributed by atoms with Gasteiger partial charge >= 0.3 is 0 Å². The zero-order valence-electron chi connectivity index (χ0n) is 18.1. The fourth-order valence-corrected chi connectivity index (χ4v) is 2.46. The molecule has 0 aliphatic rings. The molecular formula is C21H37NO7. The SMILES string of the molecule is COCCOCCOCCN(CCOCCOCCOC)c1cccc(OC)c1. The van der Waals surface area contributed by atoms with E-state index in [0.717, 1.165) is 24.5 Å². The van der Waals surface area contributed by atoms with Gasteiger partial charge in [-0.05, 0) is 12.1 Å². The lowest BCUT2D eigenvalue weighted by molar-refractivity contribution is 0.0235. The summed E-state index contributed by atoms with van der Waals surface area (Å²) in [5, 5.41) is 0. The molecule has 0 amide bonds. The minimum atomic E-state index is 0.560. The van der Waals surface area contributed by atoms with Crippen LogP contribution in [0, 0.1) is 0 Å². The summed E-state index contributed by atoms with van der Waals surface area (Å²) in [7, 11) is 4.99. The Hall–Kier alpha value is -1.42. The molecule has 8 heteroatoms. The van der Waals surface area contributed by atoms with E-state index in [1.54, 1.807) is 21.3 Å². The Kier molecular flexibility index (Phi) is 16.4. The maximum absolute atomic E-state index is 5.69. The summed E-state index contributed by atoms with van der Waals surface area (Å²) in [5.41, 5.74) is 1.07. The lowest BCUT2D eigenvalue weighted by atomic mass is 10.2. The highest BCUT2D eigenvalue weighted by Crippen LogP contribution is 2.20. The van der Waals surface area contributed by atoms with Crippen molar-refractivity contribution in [1.29, 1.82) is 0 Å². The number of hydrogen-bond acceptors (Lipinski definition) is 8. The van der Waals surface area contributed by atoms with Crippen LogP contribution in [0.1, 0.15) is 0 Å². The van der Waals surface area contributed by atoms with E-state index in [0.29, 0.717) is 66.1 Å². The summed E-state index contributed by atoms with van der Waals surface area (Å²) in [5.74, 6) is 0.826. The highest BCUT2D eigenvalue weighted by atomic mass is 16.5. The number of ether oxygens (including phenoxy) is 7. The van der Waals surface area contributed by atoms with Gasteiger partial charge in [-0.2, -0.15) is 0 Å². The van der Waals surface area contributed by atoms with Crippen molar-refractivity contribution in [2.75, 3.05) is 105 Å². The molecular weight excluding hydrogens is 378 g/mol. The van der Waals surface area contributed by atoms with Crippen LogP contribution in [0.4, 0.5) is 5.69 Å². The van der Waals surface area contributed by atoms with Gasteiger partial charge < -0.3 is 38.1 Å².